The molecule has 0 aliphatic rings. The van der Waals surface area contributed by atoms with Crippen LogP contribution in [0.25, 0.3) is 0 Å². The van der Waals surface area contributed by atoms with Crippen molar-refractivity contribution in [3.05, 3.63) is 107 Å². The van der Waals surface area contributed by atoms with Crippen molar-refractivity contribution in [1.82, 2.24) is 40.0 Å². The van der Waals surface area contributed by atoms with Gasteiger partial charge in [0.2, 0.25) is 0 Å². The lowest BCUT2D eigenvalue weighted by molar-refractivity contribution is -0.144. The molecule has 2 aromatic heterocycles. The van der Waals surface area contributed by atoms with Crippen LogP contribution in [0.1, 0.15) is 127 Å². The number of benzene rings is 2. The van der Waals surface area contributed by atoms with Gasteiger partial charge in [-0.25, -0.2) is 9.97 Å². The Morgan fingerprint density at radius 2 is 1.03 bits per heavy atom. The molecule has 4 rings (SSSR count). The van der Waals surface area contributed by atoms with E-state index < -0.39 is 0 Å². The summed E-state index contributed by atoms with van der Waals surface area (Å²) in [6.07, 6.45) is 20.2. The number of halogens is 1. The van der Waals surface area contributed by atoms with Gasteiger partial charge in [-0.15, -0.1) is 0 Å². The van der Waals surface area contributed by atoms with Gasteiger partial charge in [-0.05, 0) is 140 Å². The Balaban J connectivity index is 0.000000408. The number of unbranched alkanes of at least 4 members (excludes halogenated alkanes) is 2. The number of esters is 2. The molecule has 15 heteroatoms. The fraction of sp³-hybridized carbons (Fsp3) is 0.577. The van der Waals surface area contributed by atoms with Crippen LogP contribution in [0.15, 0.2) is 83.3 Å². The number of rotatable bonds is 33. The first-order chi connectivity index (χ1) is 32.8. The second-order valence-corrected chi connectivity index (χ2v) is 16.8. The third-order valence-corrected chi connectivity index (χ3v) is 10.8. The average molecular weight is 992 g/mol. The minimum Gasteiger partial charge on any atom is -0.465 e. The molecule has 2 heterocycles. The number of aromatic nitrogens is 4. The second kappa shape index (κ2) is 39.5. The third-order valence-electron chi connectivity index (χ3n) is 10.3. The van der Waals surface area contributed by atoms with Crippen LogP contribution in [0.4, 0.5) is 0 Å². The molecule has 0 radical (unpaired) electrons. The maximum absolute atomic E-state index is 12.1. The highest BCUT2D eigenvalue weighted by Crippen LogP contribution is 2.11. The van der Waals surface area contributed by atoms with E-state index in [2.05, 4.69) is 147 Å². The number of carbonyl (C=O) groups is 2. The summed E-state index contributed by atoms with van der Waals surface area (Å²) in [4.78, 5) is 52.7. The van der Waals surface area contributed by atoms with Gasteiger partial charge in [0.1, 0.15) is 17.0 Å². The fourth-order valence-electron chi connectivity index (χ4n) is 7.17. The van der Waals surface area contributed by atoms with E-state index in [0.29, 0.717) is 38.2 Å². The van der Waals surface area contributed by atoms with Crippen molar-refractivity contribution in [2.24, 2.45) is 9.98 Å². The number of aliphatic imine (C=N–C) groups is 2. The molecule has 14 nitrogen and oxygen atoms in total. The highest BCUT2D eigenvalue weighted by Gasteiger charge is 2.13. The van der Waals surface area contributed by atoms with Gasteiger partial charge in [-0.3, -0.25) is 24.5 Å². The van der Waals surface area contributed by atoms with E-state index >= 15 is 0 Å². The van der Waals surface area contributed by atoms with Crippen molar-refractivity contribution in [2.75, 3.05) is 77.4 Å². The number of alkyl halides is 1. The lowest BCUT2D eigenvalue weighted by atomic mass is 10.1. The first kappa shape index (κ1) is 58.6. The number of nitrogens with zero attached hydrogens (tertiary/aromatic N) is 7. The molecule has 4 aromatic rings. The minimum atomic E-state index is -0.206. The van der Waals surface area contributed by atoms with Crippen LogP contribution in [0.5, 0.6) is 0 Å². The molecule has 0 bridgehead atoms. The number of carbonyl (C=O) groups excluding carboxylic acids is 2. The highest BCUT2D eigenvalue weighted by atomic mass is 79.9. The van der Waals surface area contributed by atoms with Crippen molar-refractivity contribution in [3.8, 4) is 0 Å². The van der Waals surface area contributed by atoms with Crippen molar-refractivity contribution < 1.29 is 19.1 Å². The fourth-order valence-corrected chi connectivity index (χ4v) is 7.33. The van der Waals surface area contributed by atoms with Crippen LogP contribution < -0.4 is 5.32 Å². The number of hydrogen-bond acceptors (Lipinski definition) is 12. The minimum absolute atomic E-state index is 0.153. The van der Waals surface area contributed by atoms with Gasteiger partial charge in [0.05, 0.1) is 45.3 Å². The summed E-state index contributed by atoms with van der Waals surface area (Å²) in [5.41, 5.74) is 4.88. The maximum Gasteiger partial charge on any atom is 0.320 e. The normalized spacial score (nSPS) is 11.3. The summed E-state index contributed by atoms with van der Waals surface area (Å²) < 4.78 is 9.71. The summed E-state index contributed by atoms with van der Waals surface area (Å²) >= 11 is 2.94. The van der Waals surface area contributed by atoms with Crippen LogP contribution in [-0.2, 0) is 45.2 Å². The molecular weight excluding hydrogens is 909 g/mol. The quantitative estimate of drug-likeness (QED) is 0.0182. The summed E-state index contributed by atoms with van der Waals surface area (Å²) in [6.45, 7) is 25.9. The third kappa shape index (κ3) is 29.8. The average Bonchev–Trinajstić information content (AvgIpc) is 4.06. The Hall–Kier alpha value is -4.54. The topological polar surface area (TPSA) is 156 Å². The van der Waals surface area contributed by atoms with Gasteiger partial charge in [0.25, 0.3) is 0 Å². The van der Waals surface area contributed by atoms with E-state index in [4.69, 9.17) is 4.74 Å². The monoisotopic (exact) mass is 991 g/mol. The Morgan fingerprint density at radius 3 is 1.45 bits per heavy atom. The van der Waals surface area contributed by atoms with Crippen LogP contribution in [0.3, 0.4) is 0 Å². The molecule has 0 fully saturated rings. The lowest BCUT2D eigenvalue weighted by Crippen LogP contribution is -2.32. The zero-order valence-electron chi connectivity index (χ0n) is 41.7. The summed E-state index contributed by atoms with van der Waals surface area (Å²) in [5.74, 6) is 1.19. The largest absolute Gasteiger partial charge is 0.465 e. The molecule has 0 spiro atoms. The van der Waals surface area contributed by atoms with Gasteiger partial charge < -0.3 is 34.6 Å². The molecule has 0 amide bonds. The van der Waals surface area contributed by atoms with Crippen molar-refractivity contribution in [3.63, 3.8) is 0 Å². The molecular formula is C52H83BrN10O4. The summed E-state index contributed by atoms with van der Waals surface area (Å²) in [5, 5.41) is 3.85. The van der Waals surface area contributed by atoms with Crippen LogP contribution in [0.2, 0.25) is 0 Å². The molecule has 2 aromatic carbocycles. The smallest absolute Gasteiger partial charge is 0.320 e. The number of imidazole rings is 2. The molecule has 0 saturated carbocycles. The van der Waals surface area contributed by atoms with Crippen molar-refractivity contribution in [2.45, 2.75) is 119 Å². The first-order valence-electron chi connectivity index (χ1n) is 24.7. The van der Waals surface area contributed by atoms with Crippen LogP contribution >= 0.6 is 15.9 Å². The Bertz CT molecular complexity index is 1810. The van der Waals surface area contributed by atoms with E-state index in [-0.39, 0.29) is 11.9 Å². The van der Waals surface area contributed by atoms with Crippen LogP contribution in [-0.4, -0.2) is 136 Å². The number of ether oxygens (including phenoxy) is 2. The number of H-pyrrole nitrogens is 2. The highest BCUT2D eigenvalue weighted by molar-refractivity contribution is 9.09. The first-order valence-corrected chi connectivity index (χ1v) is 25.8. The zero-order chi connectivity index (χ0) is 48.6. The molecule has 0 aliphatic heterocycles. The van der Waals surface area contributed by atoms with E-state index in [9.17, 15) is 9.59 Å². The number of hydrogen-bond donors (Lipinski definition) is 3. The molecule has 0 saturated heterocycles. The Morgan fingerprint density at radius 1 is 0.597 bits per heavy atom. The van der Waals surface area contributed by atoms with Crippen LogP contribution in [0, 0.1) is 0 Å². The molecule has 0 aliphatic carbocycles. The lowest BCUT2D eigenvalue weighted by Gasteiger charge is -2.24. The van der Waals surface area contributed by atoms with E-state index in [1.807, 2.05) is 6.92 Å². The summed E-state index contributed by atoms with van der Waals surface area (Å²) in [7, 11) is 0. The van der Waals surface area contributed by atoms with E-state index in [1.54, 1.807) is 44.1 Å². The number of aromatic amines is 2. The predicted molar refractivity (Wildman–Crippen MR) is 279 cm³/mol. The standard InChI is InChI=1S/C26H41N5O2.C22H35N5.C4H7BrO2/c1-4-15-30(16-5-2)17-7-8-18-31(22-26(32)33-6-3)21-24-11-9-23(10-12-24)19-27-20-25-28-13-14-29-25;1-3-14-27(15-4-2)16-6-5-11-23-17-20-7-9-21(10-8-20)18-24-19-22-25-12-13-26-22;1-2-7-4(6)3-5/h9-14,20H,4-8,15-19,21-22H2,1-3H3,(H,28,29);7-10,12-13,19,23H,3-6,11,14-18H2,1-2H3,(H,25,26);2-3H2,1H3. The number of nitrogens with one attached hydrogen (secondary N) is 3. The molecule has 3 N–H and O–H groups in total. The van der Waals surface area contributed by atoms with Crippen molar-refractivity contribution >= 4 is 40.3 Å². The predicted octanol–water partition coefficient (Wildman–Crippen LogP) is 9.26. The van der Waals surface area contributed by atoms with Gasteiger partial charge in [0, 0.05) is 37.9 Å². The zero-order valence-corrected chi connectivity index (χ0v) is 43.3. The maximum atomic E-state index is 12.1. The molecule has 67 heavy (non-hydrogen) atoms. The second-order valence-electron chi connectivity index (χ2n) is 16.2. The van der Waals surface area contributed by atoms with Gasteiger partial charge in [-0.1, -0.05) is 92.2 Å². The van der Waals surface area contributed by atoms with Gasteiger partial charge >= 0.3 is 11.9 Å². The SMILES string of the molecule is CCCN(CCC)CCCCN(CC(=O)OCC)Cc1ccc(CN=Cc2ncc[nH]2)cc1.CCCN(CCC)CCCCNCc1ccc(CN=Cc2ncc[nH]2)cc1.CCOC(=O)CBr. The van der Waals surface area contributed by atoms with E-state index in [1.165, 1.54) is 74.8 Å². The molecule has 0 unspecified atom stereocenters. The molecule has 372 valence electrons. The van der Waals surface area contributed by atoms with Gasteiger partial charge in [-0.2, -0.15) is 0 Å². The Labute approximate surface area is 411 Å². The van der Waals surface area contributed by atoms with Crippen molar-refractivity contribution in [1.29, 1.82) is 0 Å². The Kier molecular flexibility index (Phi) is 34.5. The molecule has 0 atom stereocenters. The summed E-state index contributed by atoms with van der Waals surface area (Å²) in [6, 6.07) is 17.1. The van der Waals surface area contributed by atoms with E-state index in [0.717, 1.165) is 75.9 Å². The van der Waals surface area contributed by atoms with Gasteiger partial charge in [0.15, 0.2) is 0 Å².